The molecule has 2 aliphatic heterocycles. The van der Waals surface area contributed by atoms with Crippen molar-refractivity contribution < 1.29 is 33.7 Å². The van der Waals surface area contributed by atoms with Crippen molar-refractivity contribution in [3.8, 4) is 11.3 Å². The summed E-state index contributed by atoms with van der Waals surface area (Å²) in [6.45, 7) is 0.147. The number of carbonyl (C=O) groups is 4. The van der Waals surface area contributed by atoms with E-state index in [0.717, 1.165) is 16.2 Å². The molecule has 0 unspecified atom stereocenters. The summed E-state index contributed by atoms with van der Waals surface area (Å²) in [6.07, 6.45) is 3.51. The number of amides is 3. The molecule has 0 spiro atoms. The average molecular weight is 598 g/mol. The van der Waals surface area contributed by atoms with Gasteiger partial charge in [0, 0.05) is 29.8 Å². The smallest absolute Gasteiger partial charge is 0.276 e. The van der Waals surface area contributed by atoms with Crippen LogP contribution in [0, 0.1) is 0 Å². The normalized spacial score (nSPS) is 18.5. The zero-order valence-electron chi connectivity index (χ0n) is 21.6. The molecule has 1 fully saturated rings. The Morgan fingerprint density at radius 1 is 1.34 bits per heavy atom. The number of hydrogen-bond donors (Lipinski definition) is 3. The first kappa shape index (κ1) is 27.8. The highest BCUT2D eigenvalue weighted by Crippen LogP contribution is 2.40. The Bertz CT molecular complexity index is 1650. The molecular weight excluding hydrogens is 574 g/mol. The van der Waals surface area contributed by atoms with Crippen molar-refractivity contribution in [3.05, 3.63) is 58.6 Å². The number of nitrogens with one attached hydrogen (secondary N) is 1. The van der Waals surface area contributed by atoms with Gasteiger partial charge in [0.15, 0.2) is 35.5 Å². The Labute approximate surface area is 240 Å². The topological polar surface area (TPSA) is 215 Å². The molecule has 0 bridgehead atoms. The molecule has 0 aromatic carbocycles. The van der Waals surface area contributed by atoms with Gasteiger partial charge in [-0.1, -0.05) is 5.16 Å². The fourth-order valence-corrected chi connectivity index (χ4v) is 6.43. The predicted octanol–water partition coefficient (Wildman–Crippen LogP) is -2.03. The number of β-lactam (4-membered cyclic amide) rings is 1. The Morgan fingerprint density at radius 3 is 2.76 bits per heavy atom. The number of anilines is 1. The molecular formula is C24H23N9O6S2. The SMILES string of the molecule is CO/N=C(/C(=O)N[C@@H]1C(=O)N2C(C(=O)[O-])=C(C[n+]3cccc(-c4cc(C(N)=O)nn4C)c3)CS[C@H]12)c1csc(N)n1. The number of nitrogen functional groups attached to an aromatic ring is 1. The third-order valence-corrected chi connectivity index (χ3v) is 8.36. The Hall–Kier alpha value is -4.77. The summed E-state index contributed by atoms with van der Waals surface area (Å²) in [4.78, 5) is 59.7. The molecule has 5 heterocycles. The lowest BCUT2D eigenvalue weighted by Gasteiger charge is -2.50. The van der Waals surface area contributed by atoms with Gasteiger partial charge >= 0.3 is 0 Å². The van der Waals surface area contributed by atoms with Crippen LogP contribution < -0.4 is 26.5 Å². The number of carboxylic acid groups (broad SMARTS) is 1. The zero-order chi connectivity index (χ0) is 29.4. The van der Waals surface area contributed by atoms with Crippen LogP contribution in [0.4, 0.5) is 5.13 Å². The van der Waals surface area contributed by atoms with Gasteiger partial charge in [0.25, 0.3) is 17.7 Å². The molecule has 2 atom stereocenters. The van der Waals surface area contributed by atoms with Crippen LogP contribution in [0.5, 0.6) is 0 Å². The first-order valence-electron chi connectivity index (χ1n) is 11.9. The summed E-state index contributed by atoms with van der Waals surface area (Å²) in [7, 11) is 2.94. The summed E-state index contributed by atoms with van der Waals surface area (Å²) in [5.74, 6) is -3.22. The number of nitrogens with zero attached hydrogens (tertiary/aromatic N) is 6. The van der Waals surface area contributed by atoms with E-state index in [2.05, 4.69) is 20.6 Å². The number of carbonyl (C=O) groups excluding carboxylic acids is 4. The fourth-order valence-electron chi connectivity index (χ4n) is 4.55. The number of oxime groups is 1. The Morgan fingerprint density at radius 2 is 2.12 bits per heavy atom. The maximum absolute atomic E-state index is 13.1. The van der Waals surface area contributed by atoms with Gasteiger partial charge in [-0.3, -0.25) is 24.0 Å². The monoisotopic (exact) mass is 597 g/mol. The number of nitrogens with two attached hydrogens (primary N) is 2. The number of thiazole rings is 1. The van der Waals surface area contributed by atoms with Crippen molar-refractivity contribution in [3.63, 3.8) is 0 Å². The highest BCUT2D eigenvalue weighted by Gasteiger charge is 2.53. The lowest BCUT2D eigenvalue weighted by Crippen LogP contribution is -2.71. The summed E-state index contributed by atoms with van der Waals surface area (Å²) in [5.41, 5.74) is 12.7. The number of fused-ring (bicyclic) bond motifs is 1. The second-order valence-corrected chi connectivity index (χ2v) is 11.0. The highest BCUT2D eigenvalue weighted by molar-refractivity contribution is 8.00. The van der Waals surface area contributed by atoms with Crippen molar-refractivity contribution in [2.45, 2.75) is 18.0 Å². The number of aryl methyl sites for hydroxylation is 1. The van der Waals surface area contributed by atoms with Crippen LogP contribution in [0.1, 0.15) is 16.2 Å². The third-order valence-electron chi connectivity index (χ3n) is 6.35. The molecule has 2 aliphatic rings. The standard InChI is InChI=1S/C24H23N9O6S2/c1-31-15(6-13(29-31)19(25)34)11-4-3-5-32(7-11)8-12-9-40-22-17(21(36)33(22)18(12)23(37)38)28-20(35)16(30-39-2)14-10-41-24(26)27-14/h3-7,10,17,22H,8-9H2,1-2H3,(H5-,25,26,27,28,34,35,37,38)/b30-16+/t17-,22-/m1/s1. The van der Waals surface area contributed by atoms with Gasteiger partial charge in [-0.05, 0) is 12.1 Å². The van der Waals surface area contributed by atoms with E-state index < -0.39 is 35.1 Å². The first-order chi connectivity index (χ1) is 19.6. The second kappa shape index (κ2) is 11.0. The average Bonchev–Trinajstić information content (AvgIpc) is 3.55. The molecule has 3 amide bonds. The minimum Gasteiger partial charge on any atom is -0.543 e. The van der Waals surface area contributed by atoms with Crippen LogP contribution in [0.2, 0.25) is 0 Å². The minimum absolute atomic E-state index is 0.115. The highest BCUT2D eigenvalue weighted by atomic mass is 32.2. The Kier molecular flexibility index (Phi) is 7.46. The van der Waals surface area contributed by atoms with Gasteiger partial charge in [0.1, 0.15) is 24.2 Å². The van der Waals surface area contributed by atoms with E-state index in [-0.39, 0.29) is 40.2 Å². The fraction of sp³-hybridized carbons (Fsp3) is 0.250. The van der Waals surface area contributed by atoms with E-state index >= 15 is 0 Å². The van der Waals surface area contributed by atoms with Gasteiger partial charge < -0.3 is 31.5 Å². The van der Waals surface area contributed by atoms with E-state index in [1.54, 1.807) is 36.1 Å². The number of aliphatic carboxylic acids is 1. The number of carboxylic acids is 1. The molecule has 3 aromatic heterocycles. The number of hydrogen-bond acceptors (Lipinski definition) is 12. The van der Waals surface area contributed by atoms with Crippen LogP contribution in [0.15, 0.2) is 52.4 Å². The van der Waals surface area contributed by atoms with Crippen LogP contribution >= 0.6 is 23.1 Å². The van der Waals surface area contributed by atoms with Crippen molar-refractivity contribution >= 4 is 57.6 Å². The summed E-state index contributed by atoms with van der Waals surface area (Å²) < 4.78 is 3.27. The zero-order valence-corrected chi connectivity index (χ0v) is 23.3. The maximum atomic E-state index is 13.1. The molecule has 17 heteroatoms. The van der Waals surface area contributed by atoms with Crippen molar-refractivity contribution in [1.29, 1.82) is 0 Å². The van der Waals surface area contributed by atoms with Crippen LogP contribution in [0.3, 0.4) is 0 Å². The van der Waals surface area contributed by atoms with E-state index in [1.807, 2.05) is 6.07 Å². The quantitative estimate of drug-likeness (QED) is 0.106. The molecule has 41 heavy (non-hydrogen) atoms. The van der Waals surface area contributed by atoms with Crippen molar-refractivity contribution in [2.75, 3.05) is 18.6 Å². The molecule has 0 aliphatic carbocycles. The molecule has 0 radical (unpaired) electrons. The number of primary amides is 1. The largest absolute Gasteiger partial charge is 0.543 e. The number of thioether (sulfide) groups is 1. The minimum atomic E-state index is -1.50. The predicted molar refractivity (Wildman–Crippen MR) is 144 cm³/mol. The molecule has 3 aromatic rings. The molecule has 212 valence electrons. The van der Waals surface area contributed by atoms with Crippen molar-refractivity contribution in [2.24, 2.45) is 17.9 Å². The summed E-state index contributed by atoms with van der Waals surface area (Å²) in [5, 5.41) is 23.7. The van der Waals surface area contributed by atoms with Gasteiger partial charge in [0.2, 0.25) is 0 Å². The first-order valence-corrected chi connectivity index (χ1v) is 13.9. The lowest BCUT2D eigenvalue weighted by molar-refractivity contribution is -0.688. The lowest BCUT2D eigenvalue weighted by atomic mass is 10.0. The summed E-state index contributed by atoms with van der Waals surface area (Å²) >= 11 is 2.42. The van der Waals surface area contributed by atoms with Crippen LogP contribution in [0.25, 0.3) is 11.3 Å². The summed E-state index contributed by atoms with van der Waals surface area (Å²) in [6, 6.07) is 4.14. The van der Waals surface area contributed by atoms with E-state index in [0.29, 0.717) is 16.8 Å². The molecule has 5 rings (SSSR count). The third kappa shape index (κ3) is 5.23. The Balaban J connectivity index is 1.36. The molecule has 0 saturated carbocycles. The van der Waals surface area contributed by atoms with E-state index in [1.165, 1.54) is 28.9 Å². The van der Waals surface area contributed by atoms with Gasteiger partial charge in [0.05, 0.1) is 22.9 Å². The molecule has 1 saturated heterocycles. The van der Waals surface area contributed by atoms with Crippen LogP contribution in [-0.2, 0) is 32.8 Å². The molecule has 5 N–H and O–H groups in total. The second-order valence-electron chi connectivity index (χ2n) is 8.96. The van der Waals surface area contributed by atoms with E-state index in [9.17, 15) is 24.3 Å². The van der Waals surface area contributed by atoms with E-state index in [4.69, 9.17) is 16.3 Å². The number of rotatable bonds is 9. The number of pyridine rings is 1. The number of aromatic nitrogens is 4. The van der Waals surface area contributed by atoms with Gasteiger partial charge in [-0.15, -0.1) is 23.1 Å². The van der Waals surface area contributed by atoms with Gasteiger partial charge in [-0.2, -0.15) is 5.10 Å². The maximum Gasteiger partial charge on any atom is 0.276 e. The molecule has 15 nitrogen and oxygen atoms in total. The van der Waals surface area contributed by atoms with Crippen LogP contribution in [-0.4, -0.2) is 73.3 Å². The van der Waals surface area contributed by atoms with Crippen molar-refractivity contribution in [1.82, 2.24) is 25.0 Å². The van der Waals surface area contributed by atoms with Gasteiger partial charge in [-0.25, -0.2) is 9.55 Å².